The molecule has 0 fully saturated rings. The second kappa shape index (κ2) is 5.83. The molecule has 0 amide bonds. The summed E-state index contributed by atoms with van der Waals surface area (Å²) in [7, 11) is 1.67. The number of ether oxygens (including phenoxy) is 1. The standard InChI is InChI=1S/C16H17N3O2/c1-3-17-16-18-15(19-21-16)9-12-6-4-5-11-7-8-13(20-2)10-14(11)12/h4-8,10H,3,9H2,1-2H3,(H,17,18,19). The molecule has 0 unspecified atom stereocenters. The van der Waals surface area contributed by atoms with E-state index in [1.54, 1.807) is 7.11 Å². The summed E-state index contributed by atoms with van der Waals surface area (Å²) in [6.45, 7) is 2.74. The molecule has 0 aliphatic rings. The lowest BCUT2D eigenvalue weighted by Gasteiger charge is -2.06. The van der Waals surface area contributed by atoms with Crippen molar-refractivity contribution in [3.8, 4) is 5.75 Å². The maximum atomic E-state index is 5.30. The van der Waals surface area contributed by atoms with Crippen molar-refractivity contribution in [1.82, 2.24) is 10.1 Å². The number of fused-ring (bicyclic) bond motifs is 1. The predicted octanol–water partition coefficient (Wildman–Crippen LogP) is 3.25. The molecule has 3 aromatic rings. The fraction of sp³-hybridized carbons (Fsp3) is 0.250. The molecule has 0 spiro atoms. The van der Waals surface area contributed by atoms with Gasteiger partial charge >= 0.3 is 6.01 Å². The normalized spacial score (nSPS) is 10.8. The van der Waals surface area contributed by atoms with Crippen molar-refractivity contribution in [1.29, 1.82) is 0 Å². The van der Waals surface area contributed by atoms with Crippen LogP contribution in [0.3, 0.4) is 0 Å². The van der Waals surface area contributed by atoms with Gasteiger partial charge in [-0.05, 0) is 35.4 Å². The maximum Gasteiger partial charge on any atom is 0.321 e. The van der Waals surface area contributed by atoms with Crippen LogP contribution in [0.15, 0.2) is 40.9 Å². The molecule has 0 atom stereocenters. The van der Waals surface area contributed by atoms with Crippen LogP contribution < -0.4 is 10.1 Å². The molecule has 0 bridgehead atoms. The predicted molar refractivity (Wildman–Crippen MR) is 81.8 cm³/mol. The van der Waals surface area contributed by atoms with Crippen molar-refractivity contribution >= 4 is 16.8 Å². The first kappa shape index (κ1) is 13.4. The Kier molecular flexibility index (Phi) is 3.73. The van der Waals surface area contributed by atoms with Crippen LogP contribution in [0.5, 0.6) is 5.75 Å². The topological polar surface area (TPSA) is 60.2 Å². The molecule has 0 saturated carbocycles. The average Bonchev–Trinajstić information content (AvgIpc) is 2.95. The molecule has 21 heavy (non-hydrogen) atoms. The minimum Gasteiger partial charge on any atom is -0.497 e. The molecule has 1 aromatic heterocycles. The Morgan fingerprint density at radius 2 is 2.14 bits per heavy atom. The highest BCUT2D eigenvalue weighted by molar-refractivity contribution is 5.87. The SMILES string of the molecule is CCNc1nc(Cc2cccc3ccc(OC)cc23)no1. The molecule has 1 N–H and O–H groups in total. The van der Waals surface area contributed by atoms with Gasteiger partial charge in [-0.1, -0.05) is 29.4 Å². The highest BCUT2D eigenvalue weighted by Gasteiger charge is 2.09. The third-order valence-corrected chi connectivity index (χ3v) is 3.32. The Labute approximate surface area is 122 Å². The lowest BCUT2D eigenvalue weighted by atomic mass is 10.0. The molecule has 5 nitrogen and oxygen atoms in total. The molecule has 1 heterocycles. The van der Waals surface area contributed by atoms with Gasteiger partial charge in [0, 0.05) is 13.0 Å². The molecule has 0 aliphatic heterocycles. The smallest absolute Gasteiger partial charge is 0.321 e. The van der Waals surface area contributed by atoms with Crippen molar-refractivity contribution in [2.24, 2.45) is 0 Å². The second-order valence-electron chi connectivity index (χ2n) is 4.73. The van der Waals surface area contributed by atoms with E-state index in [4.69, 9.17) is 9.26 Å². The Bertz CT molecular complexity index is 752. The van der Waals surface area contributed by atoms with Crippen LogP contribution in [0, 0.1) is 0 Å². The van der Waals surface area contributed by atoms with Gasteiger partial charge in [0.15, 0.2) is 5.82 Å². The van der Waals surface area contributed by atoms with Crippen LogP contribution in [-0.2, 0) is 6.42 Å². The number of anilines is 1. The largest absolute Gasteiger partial charge is 0.497 e. The Hall–Kier alpha value is -2.56. The fourth-order valence-electron chi connectivity index (χ4n) is 2.32. The van der Waals surface area contributed by atoms with Crippen LogP contribution in [0.1, 0.15) is 18.3 Å². The Balaban J connectivity index is 1.95. The van der Waals surface area contributed by atoms with Crippen molar-refractivity contribution in [3.05, 3.63) is 47.8 Å². The summed E-state index contributed by atoms with van der Waals surface area (Å²) >= 11 is 0. The lowest BCUT2D eigenvalue weighted by Crippen LogP contribution is -1.97. The van der Waals surface area contributed by atoms with Crippen molar-refractivity contribution < 1.29 is 9.26 Å². The van der Waals surface area contributed by atoms with Crippen LogP contribution >= 0.6 is 0 Å². The van der Waals surface area contributed by atoms with Crippen LogP contribution in [0.2, 0.25) is 0 Å². The van der Waals surface area contributed by atoms with Gasteiger partial charge in [-0.25, -0.2) is 0 Å². The molecule has 5 heteroatoms. The van der Waals surface area contributed by atoms with E-state index in [0.717, 1.165) is 23.2 Å². The summed E-state index contributed by atoms with van der Waals surface area (Å²) < 4.78 is 10.4. The van der Waals surface area contributed by atoms with Gasteiger partial charge in [0.1, 0.15) is 5.75 Å². The van der Waals surface area contributed by atoms with Crippen molar-refractivity contribution in [2.75, 3.05) is 19.0 Å². The van der Waals surface area contributed by atoms with Gasteiger partial charge < -0.3 is 14.6 Å². The molecule has 3 rings (SSSR count). The van der Waals surface area contributed by atoms with E-state index in [-0.39, 0.29) is 0 Å². The number of aromatic nitrogens is 2. The number of hydrogen-bond acceptors (Lipinski definition) is 5. The molecule has 2 aromatic carbocycles. The van der Waals surface area contributed by atoms with Gasteiger partial charge in [-0.2, -0.15) is 4.98 Å². The third kappa shape index (κ3) is 2.81. The summed E-state index contributed by atoms with van der Waals surface area (Å²) in [4.78, 5) is 4.32. The number of methoxy groups -OCH3 is 1. The van der Waals surface area contributed by atoms with Gasteiger partial charge in [-0.15, -0.1) is 0 Å². The Morgan fingerprint density at radius 1 is 1.24 bits per heavy atom. The van der Waals surface area contributed by atoms with Crippen LogP contribution in [0.4, 0.5) is 6.01 Å². The van der Waals surface area contributed by atoms with E-state index in [1.165, 1.54) is 5.39 Å². The first-order valence-corrected chi connectivity index (χ1v) is 6.92. The molecule has 0 radical (unpaired) electrons. The monoisotopic (exact) mass is 283 g/mol. The number of nitrogens with one attached hydrogen (secondary N) is 1. The van der Waals surface area contributed by atoms with E-state index < -0.39 is 0 Å². The summed E-state index contributed by atoms with van der Waals surface area (Å²) in [5.74, 6) is 1.51. The number of nitrogens with zero attached hydrogens (tertiary/aromatic N) is 2. The minimum atomic E-state index is 0.463. The van der Waals surface area contributed by atoms with E-state index in [2.05, 4.69) is 33.7 Å². The van der Waals surface area contributed by atoms with Gasteiger partial charge in [0.2, 0.25) is 0 Å². The zero-order valence-corrected chi connectivity index (χ0v) is 12.1. The molecular formula is C16H17N3O2. The fourth-order valence-corrected chi connectivity index (χ4v) is 2.32. The van der Waals surface area contributed by atoms with Crippen LogP contribution in [-0.4, -0.2) is 23.8 Å². The zero-order chi connectivity index (χ0) is 14.7. The zero-order valence-electron chi connectivity index (χ0n) is 12.1. The first-order chi connectivity index (χ1) is 10.3. The van der Waals surface area contributed by atoms with Gasteiger partial charge in [0.05, 0.1) is 7.11 Å². The summed E-state index contributed by atoms with van der Waals surface area (Å²) in [6.07, 6.45) is 0.624. The molecule has 108 valence electrons. The summed E-state index contributed by atoms with van der Waals surface area (Å²) in [6, 6.07) is 12.7. The highest BCUT2D eigenvalue weighted by atomic mass is 16.5. The molecule has 0 aliphatic carbocycles. The number of benzene rings is 2. The summed E-state index contributed by atoms with van der Waals surface area (Å²) in [5.41, 5.74) is 1.15. The minimum absolute atomic E-state index is 0.463. The van der Waals surface area contributed by atoms with E-state index in [1.807, 2.05) is 25.1 Å². The lowest BCUT2D eigenvalue weighted by molar-refractivity contribution is 0.415. The van der Waals surface area contributed by atoms with E-state index >= 15 is 0 Å². The molecule has 0 saturated heterocycles. The Morgan fingerprint density at radius 3 is 2.95 bits per heavy atom. The molecular weight excluding hydrogens is 266 g/mol. The van der Waals surface area contributed by atoms with E-state index in [9.17, 15) is 0 Å². The van der Waals surface area contributed by atoms with Gasteiger partial charge in [0.25, 0.3) is 0 Å². The third-order valence-electron chi connectivity index (χ3n) is 3.32. The quantitative estimate of drug-likeness (QED) is 0.778. The maximum absolute atomic E-state index is 5.30. The first-order valence-electron chi connectivity index (χ1n) is 6.92. The number of rotatable bonds is 5. The highest BCUT2D eigenvalue weighted by Crippen LogP contribution is 2.25. The van der Waals surface area contributed by atoms with E-state index in [0.29, 0.717) is 18.3 Å². The van der Waals surface area contributed by atoms with Crippen molar-refractivity contribution in [2.45, 2.75) is 13.3 Å². The van der Waals surface area contributed by atoms with Gasteiger partial charge in [-0.3, -0.25) is 0 Å². The van der Waals surface area contributed by atoms with Crippen molar-refractivity contribution in [3.63, 3.8) is 0 Å². The average molecular weight is 283 g/mol. The second-order valence-corrected chi connectivity index (χ2v) is 4.73. The van der Waals surface area contributed by atoms with Crippen LogP contribution in [0.25, 0.3) is 10.8 Å². The number of hydrogen-bond donors (Lipinski definition) is 1. The summed E-state index contributed by atoms with van der Waals surface area (Å²) in [5, 5.41) is 9.32.